The maximum Gasteiger partial charge on any atom is 0.358 e. The van der Waals surface area contributed by atoms with Gasteiger partial charge in [0.15, 0.2) is 10.8 Å². The molecule has 0 radical (unpaired) electrons. The third-order valence-electron chi connectivity index (χ3n) is 7.33. The van der Waals surface area contributed by atoms with Crippen molar-refractivity contribution >= 4 is 35.0 Å². The fraction of sp³-hybridized carbons (Fsp3) is 0.154. The summed E-state index contributed by atoms with van der Waals surface area (Å²) in [4.78, 5) is 36.1. The van der Waals surface area contributed by atoms with E-state index in [0.717, 1.165) is 12.1 Å². The van der Waals surface area contributed by atoms with E-state index in [-0.39, 0.29) is 45.3 Å². The summed E-state index contributed by atoms with van der Waals surface area (Å²) < 4.78 is 17.5. The van der Waals surface area contributed by atoms with Crippen LogP contribution in [0.25, 0.3) is 28.1 Å². The van der Waals surface area contributed by atoms with Gasteiger partial charge >= 0.3 is 5.97 Å². The molecule has 7 rings (SSSR count). The molecule has 3 unspecified atom stereocenters. The summed E-state index contributed by atoms with van der Waals surface area (Å²) in [7, 11) is 0. The molecular weight excluding hydrogens is 562 g/mol. The van der Waals surface area contributed by atoms with Crippen molar-refractivity contribution in [1.82, 2.24) is 34.5 Å². The standard InChI is InChI=1S/C26H17Cl2FN8O3/c27-11-1-3-17(36-9-16(26(39)40)34-35-36)13(7-11)10-5-18-14-8-15(14)22(37(18)20(38)6-10)25-32-21(23(28)33-25)12-2-4-19(30)31-24(12)29/h1-7,9,14-15,22H,8H2,(H2,30,31)(H,32,33)(H,39,40). The van der Waals surface area contributed by atoms with Gasteiger partial charge in [0.25, 0.3) is 5.56 Å². The molecule has 1 aromatic carbocycles. The zero-order chi connectivity index (χ0) is 27.9. The number of anilines is 1. The molecule has 2 aliphatic rings. The first-order chi connectivity index (χ1) is 19.2. The second-order valence-electron chi connectivity index (χ2n) is 9.71. The molecule has 0 saturated heterocycles. The van der Waals surface area contributed by atoms with Crippen LogP contribution < -0.4 is 11.3 Å². The van der Waals surface area contributed by atoms with Gasteiger partial charge in [0.05, 0.1) is 29.2 Å². The van der Waals surface area contributed by atoms with Crippen molar-refractivity contribution in [3.05, 3.63) is 92.4 Å². The highest BCUT2D eigenvalue weighted by Gasteiger charge is 2.54. The molecule has 14 heteroatoms. The van der Waals surface area contributed by atoms with E-state index in [1.54, 1.807) is 22.8 Å². The van der Waals surface area contributed by atoms with Crippen LogP contribution in [0.2, 0.25) is 10.2 Å². The van der Waals surface area contributed by atoms with Gasteiger partial charge in [-0.2, -0.15) is 4.39 Å². The number of aromatic nitrogens is 7. The van der Waals surface area contributed by atoms with E-state index in [2.05, 4.69) is 25.3 Å². The Labute approximate surface area is 234 Å². The first kappa shape index (κ1) is 24.5. The van der Waals surface area contributed by atoms with E-state index in [9.17, 15) is 19.1 Å². The molecule has 4 N–H and O–H groups in total. The summed E-state index contributed by atoms with van der Waals surface area (Å²) in [5, 5.41) is 17.4. The molecule has 0 spiro atoms. The lowest BCUT2D eigenvalue weighted by molar-refractivity contribution is 0.0690. The lowest BCUT2D eigenvalue weighted by atomic mass is 10.0. The number of nitrogen functional groups attached to an aromatic ring is 1. The SMILES string of the molecule is Nc1ccc(-c2[nH]c(C3C4CC4c4cc(-c5cc(Cl)ccc5-n5cc(C(=O)O)nn5)cc(=O)n43)nc2Cl)c(F)n1. The minimum Gasteiger partial charge on any atom is -0.476 e. The smallest absolute Gasteiger partial charge is 0.358 e. The fourth-order valence-electron chi connectivity index (χ4n) is 5.50. The number of rotatable bonds is 5. The van der Waals surface area contributed by atoms with Gasteiger partial charge < -0.3 is 20.4 Å². The molecule has 0 bridgehead atoms. The van der Waals surface area contributed by atoms with Gasteiger partial charge in [0.1, 0.15) is 11.6 Å². The molecule has 5 aromatic rings. The average Bonchev–Trinajstić information content (AvgIpc) is 3.21. The molecule has 1 saturated carbocycles. The van der Waals surface area contributed by atoms with Gasteiger partial charge in [-0.3, -0.25) is 4.79 Å². The van der Waals surface area contributed by atoms with Crippen LogP contribution in [0.15, 0.2) is 53.5 Å². The van der Waals surface area contributed by atoms with Crippen molar-refractivity contribution in [2.75, 3.05) is 5.73 Å². The maximum atomic E-state index is 14.5. The normalized spacial score (nSPS) is 18.9. The number of imidazole rings is 1. The maximum absolute atomic E-state index is 14.5. The summed E-state index contributed by atoms with van der Waals surface area (Å²) in [6, 6.07) is 11.0. The molecule has 0 amide bonds. The third-order valence-corrected chi connectivity index (χ3v) is 7.84. The number of halogens is 3. The minimum absolute atomic E-state index is 0.0408. The Bertz CT molecular complexity index is 1930. The number of aromatic amines is 1. The first-order valence-electron chi connectivity index (χ1n) is 12.1. The Balaban J connectivity index is 1.31. The summed E-state index contributed by atoms with van der Waals surface area (Å²) in [5.41, 5.74) is 7.99. The Morgan fingerprint density at radius 1 is 1.12 bits per heavy atom. The number of benzene rings is 1. The van der Waals surface area contributed by atoms with Crippen LogP contribution in [0.1, 0.15) is 40.4 Å². The number of carbonyl (C=O) groups is 1. The van der Waals surface area contributed by atoms with Gasteiger partial charge in [0.2, 0.25) is 5.95 Å². The molecule has 5 heterocycles. The Morgan fingerprint density at radius 2 is 1.95 bits per heavy atom. The van der Waals surface area contributed by atoms with Gasteiger partial charge in [-0.15, -0.1) is 5.10 Å². The number of carboxylic acids is 1. The highest BCUT2D eigenvalue weighted by Crippen LogP contribution is 2.60. The third kappa shape index (κ3) is 3.79. The molecule has 11 nitrogen and oxygen atoms in total. The molecule has 1 aliphatic carbocycles. The minimum atomic E-state index is -1.21. The summed E-state index contributed by atoms with van der Waals surface area (Å²) >= 11 is 12.7. The van der Waals surface area contributed by atoms with Gasteiger partial charge in [-0.05, 0) is 54.3 Å². The molecule has 4 aromatic heterocycles. The van der Waals surface area contributed by atoms with E-state index < -0.39 is 18.0 Å². The van der Waals surface area contributed by atoms with E-state index >= 15 is 0 Å². The van der Waals surface area contributed by atoms with Crippen LogP contribution in [0.3, 0.4) is 0 Å². The quantitative estimate of drug-likeness (QED) is 0.260. The largest absolute Gasteiger partial charge is 0.476 e. The van der Waals surface area contributed by atoms with E-state index in [1.807, 2.05) is 6.07 Å². The number of nitrogens with zero attached hydrogens (tertiary/aromatic N) is 6. The number of hydrogen-bond acceptors (Lipinski definition) is 7. The van der Waals surface area contributed by atoms with Crippen LogP contribution in [-0.4, -0.2) is 45.6 Å². The van der Waals surface area contributed by atoms with Crippen molar-refractivity contribution in [3.8, 4) is 28.1 Å². The average molecular weight is 579 g/mol. The Morgan fingerprint density at radius 3 is 2.70 bits per heavy atom. The monoisotopic (exact) mass is 578 g/mol. The van der Waals surface area contributed by atoms with E-state index in [0.29, 0.717) is 27.7 Å². The summed E-state index contributed by atoms with van der Waals surface area (Å²) in [6.07, 6.45) is 2.13. The summed E-state index contributed by atoms with van der Waals surface area (Å²) in [6.45, 7) is 0. The number of fused-ring (bicyclic) bond motifs is 3. The molecule has 1 fully saturated rings. The van der Waals surface area contributed by atoms with E-state index in [1.165, 1.54) is 29.1 Å². The van der Waals surface area contributed by atoms with Gasteiger partial charge in [-0.1, -0.05) is 28.4 Å². The van der Waals surface area contributed by atoms with Crippen LogP contribution >= 0.6 is 23.2 Å². The van der Waals surface area contributed by atoms with Crippen molar-refractivity contribution in [1.29, 1.82) is 0 Å². The number of H-pyrrole nitrogens is 1. The van der Waals surface area contributed by atoms with Crippen LogP contribution in [0.5, 0.6) is 0 Å². The zero-order valence-electron chi connectivity index (χ0n) is 20.2. The predicted molar refractivity (Wildman–Crippen MR) is 143 cm³/mol. The Kier molecular flexibility index (Phi) is 5.34. The second kappa shape index (κ2) is 8.73. The van der Waals surface area contributed by atoms with Crippen molar-refractivity contribution in [3.63, 3.8) is 0 Å². The topological polar surface area (TPSA) is 158 Å². The first-order valence-corrected chi connectivity index (χ1v) is 12.9. The number of aromatic carboxylic acids is 1. The highest BCUT2D eigenvalue weighted by molar-refractivity contribution is 6.32. The number of nitrogens with one attached hydrogen (secondary N) is 1. The number of carboxylic acid groups (broad SMARTS) is 1. The van der Waals surface area contributed by atoms with Crippen LogP contribution in [0, 0.1) is 11.9 Å². The fourth-order valence-corrected chi connectivity index (χ4v) is 5.91. The van der Waals surface area contributed by atoms with Gasteiger partial charge in [0, 0.05) is 28.3 Å². The molecular formula is C26H17Cl2FN8O3. The van der Waals surface area contributed by atoms with E-state index in [4.69, 9.17) is 28.9 Å². The number of hydrogen-bond donors (Lipinski definition) is 3. The van der Waals surface area contributed by atoms with Crippen molar-refractivity contribution < 1.29 is 14.3 Å². The summed E-state index contributed by atoms with van der Waals surface area (Å²) in [5.74, 6) is -1.27. The van der Waals surface area contributed by atoms with Crippen molar-refractivity contribution in [2.45, 2.75) is 18.4 Å². The lowest BCUT2D eigenvalue weighted by Crippen LogP contribution is -2.26. The second-order valence-corrected chi connectivity index (χ2v) is 10.5. The highest BCUT2D eigenvalue weighted by atomic mass is 35.5. The predicted octanol–water partition coefficient (Wildman–Crippen LogP) is 4.31. The van der Waals surface area contributed by atoms with Gasteiger partial charge in [-0.25, -0.2) is 19.4 Å². The Hall–Kier alpha value is -4.55. The molecule has 40 heavy (non-hydrogen) atoms. The molecule has 3 atom stereocenters. The lowest BCUT2D eigenvalue weighted by Gasteiger charge is -2.18. The van der Waals surface area contributed by atoms with Crippen LogP contribution in [-0.2, 0) is 0 Å². The molecule has 200 valence electrons. The zero-order valence-corrected chi connectivity index (χ0v) is 21.7. The molecule has 1 aliphatic heterocycles. The van der Waals surface area contributed by atoms with Crippen LogP contribution in [0.4, 0.5) is 10.2 Å². The van der Waals surface area contributed by atoms with Crippen molar-refractivity contribution in [2.24, 2.45) is 5.92 Å². The number of pyridine rings is 2. The number of nitrogens with two attached hydrogens (primary N) is 1.